The van der Waals surface area contributed by atoms with E-state index in [9.17, 15) is 8.42 Å². The molecular formula is C15H17NO2S. The maximum absolute atomic E-state index is 11.8. The van der Waals surface area contributed by atoms with Crippen molar-refractivity contribution < 1.29 is 8.42 Å². The molecule has 2 aromatic rings. The Bertz CT molecular complexity index is 570. The Kier molecular flexibility index (Phi) is 4.35. The fraction of sp³-hybridized carbons (Fsp3) is 0.200. The molecule has 0 radical (unpaired) electrons. The molecule has 2 aromatic carbocycles. The minimum absolute atomic E-state index is 0.0726. The molecule has 3 nitrogen and oxygen atoms in total. The van der Waals surface area contributed by atoms with Gasteiger partial charge in [0.2, 0.25) is 10.0 Å². The number of hydrogen-bond acceptors (Lipinski definition) is 2. The van der Waals surface area contributed by atoms with E-state index in [2.05, 4.69) is 4.72 Å². The summed E-state index contributed by atoms with van der Waals surface area (Å²) in [4.78, 5) is 0. The molecule has 0 atom stereocenters. The van der Waals surface area contributed by atoms with Gasteiger partial charge in [0.15, 0.2) is 0 Å². The molecule has 1 N–H and O–H groups in total. The zero-order chi connectivity index (χ0) is 13.7. The summed E-state index contributed by atoms with van der Waals surface area (Å²) in [6.07, 6.45) is 0. The highest BCUT2D eigenvalue weighted by atomic mass is 32.2. The van der Waals surface area contributed by atoms with Crippen molar-refractivity contribution in [3.8, 4) is 0 Å². The SMILES string of the molecule is CCS(=O)(=O)NC(c1ccccc1)c1ccccc1. The summed E-state index contributed by atoms with van der Waals surface area (Å²) in [5.41, 5.74) is 1.87. The lowest BCUT2D eigenvalue weighted by Crippen LogP contribution is -2.30. The third-order valence-corrected chi connectivity index (χ3v) is 4.30. The van der Waals surface area contributed by atoms with Gasteiger partial charge < -0.3 is 0 Å². The number of rotatable bonds is 5. The van der Waals surface area contributed by atoms with Crippen LogP contribution < -0.4 is 4.72 Å². The van der Waals surface area contributed by atoms with Crippen molar-refractivity contribution in [3.63, 3.8) is 0 Å². The highest BCUT2D eigenvalue weighted by molar-refractivity contribution is 7.89. The molecule has 0 aliphatic rings. The monoisotopic (exact) mass is 275 g/mol. The third-order valence-electron chi connectivity index (χ3n) is 2.94. The van der Waals surface area contributed by atoms with Crippen molar-refractivity contribution in [2.45, 2.75) is 13.0 Å². The molecule has 0 unspecified atom stereocenters. The predicted molar refractivity (Wildman–Crippen MR) is 77.3 cm³/mol. The molecule has 0 aliphatic heterocycles. The average molecular weight is 275 g/mol. The first-order valence-electron chi connectivity index (χ1n) is 6.22. The fourth-order valence-corrected chi connectivity index (χ4v) is 2.68. The van der Waals surface area contributed by atoms with Crippen molar-refractivity contribution in [2.24, 2.45) is 0 Å². The topological polar surface area (TPSA) is 46.2 Å². The van der Waals surface area contributed by atoms with E-state index >= 15 is 0 Å². The van der Waals surface area contributed by atoms with E-state index < -0.39 is 10.0 Å². The number of hydrogen-bond donors (Lipinski definition) is 1. The Morgan fingerprint density at radius 3 is 1.68 bits per heavy atom. The second kappa shape index (κ2) is 5.99. The Morgan fingerprint density at radius 1 is 0.895 bits per heavy atom. The first-order chi connectivity index (χ1) is 9.12. The molecule has 0 spiro atoms. The van der Waals surface area contributed by atoms with Crippen molar-refractivity contribution in [1.82, 2.24) is 4.72 Å². The van der Waals surface area contributed by atoms with Crippen LogP contribution in [0.15, 0.2) is 60.7 Å². The van der Waals surface area contributed by atoms with Crippen LogP contribution in [0.2, 0.25) is 0 Å². The molecule has 19 heavy (non-hydrogen) atoms. The summed E-state index contributed by atoms with van der Waals surface area (Å²) in [6, 6.07) is 18.8. The van der Waals surface area contributed by atoms with Crippen molar-refractivity contribution >= 4 is 10.0 Å². The number of benzene rings is 2. The Hall–Kier alpha value is -1.65. The van der Waals surface area contributed by atoms with Gasteiger partial charge in [0.1, 0.15) is 0 Å². The van der Waals surface area contributed by atoms with Gasteiger partial charge in [0.05, 0.1) is 11.8 Å². The Balaban J connectivity index is 2.40. The van der Waals surface area contributed by atoms with E-state index in [4.69, 9.17) is 0 Å². The van der Waals surface area contributed by atoms with Crippen LogP contribution in [0.3, 0.4) is 0 Å². The van der Waals surface area contributed by atoms with E-state index in [0.29, 0.717) is 0 Å². The van der Waals surface area contributed by atoms with Crippen LogP contribution in [0.1, 0.15) is 24.1 Å². The highest BCUT2D eigenvalue weighted by Gasteiger charge is 2.19. The van der Waals surface area contributed by atoms with Crippen LogP contribution in [0.5, 0.6) is 0 Å². The molecule has 0 heterocycles. The van der Waals surface area contributed by atoms with Crippen LogP contribution >= 0.6 is 0 Å². The molecule has 0 saturated heterocycles. The molecule has 0 bridgehead atoms. The van der Waals surface area contributed by atoms with Gasteiger partial charge in [-0.15, -0.1) is 0 Å². The minimum atomic E-state index is -3.27. The second-order valence-electron chi connectivity index (χ2n) is 4.28. The number of nitrogens with one attached hydrogen (secondary N) is 1. The first-order valence-corrected chi connectivity index (χ1v) is 7.87. The zero-order valence-electron chi connectivity index (χ0n) is 10.8. The highest BCUT2D eigenvalue weighted by Crippen LogP contribution is 2.22. The zero-order valence-corrected chi connectivity index (χ0v) is 11.6. The number of sulfonamides is 1. The van der Waals surface area contributed by atoms with Gasteiger partial charge in [-0.3, -0.25) is 0 Å². The lowest BCUT2D eigenvalue weighted by Gasteiger charge is -2.19. The van der Waals surface area contributed by atoms with Gasteiger partial charge in [-0.2, -0.15) is 0 Å². The molecule has 4 heteroatoms. The molecule has 0 saturated carbocycles. The summed E-state index contributed by atoms with van der Waals surface area (Å²) in [5, 5.41) is 0. The van der Waals surface area contributed by atoms with Gasteiger partial charge in [0, 0.05) is 0 Å². The predicted octanol–water partition coefficient (Wildman–Crippen LogP) is 2.72. The average Bonchev–Trinajstić information content (AvgIpc) is 2.47. The lowest BCUT2D eigenvalue weighted by atomic mass is 10.00. The summed E-state index contributed by atoms with van der Waals surface area (Å²) < 4.78 is 26.4. The van der Waals surface area contributed by atoms with E-state index in [1.54, 1.807) is 6.92 Å². The van der Waals surface area contributed by atoms with E-state index in [1.165, 1.54) is 0 Å². The summed E-state index contributed by atoms with van der Waals surface area (Å²) >= 11 is 0. The molecule has 0 aliphatic carbocycles. The maximum atomic E-state index is 11.8. The lowest BCUT2D eigenvalue weighted by molar-refractivity contribution is 0.573. The maximum Gasteiger partial charge on any atom is 0.212 e. The molecule has 2 rings (SSSR count). The minimum Gasteiger partial charge on any atom is -0.212 e. The molecular weight excluding hydrogens is 258 g/mol. The first kappa shape index (κ1) is 13.8. The smallest absolute Gasteiger partial charge is 0.212 e. The van der Waals surface area contributed by atoms with E-state index in [-0.39, 0.29) is 11.8 Å². The molecule has 0 amide bonds. The van der Waals surface area contributed by atoms with Crippen molar-refractivity contribution in [2.75, 3.05) is 5.75 Å². The quantitative estimate of drug-likeness (QED) is 0.912. The van der Waals surface area contributed by atoms with Gasteiger partial charge in [-0.25, -0.2) is 13.1 Å². The standard InChI is InChI=1S/C15H17NO2S/c1-2-19(17,18)16-15(13-9-5-3-6-10-13)14-11-7-4-8-12-14/h3-12,15-16H,2H2,1H3. The largest absolute Gasteiger partial charge is 0.212 e. The second-order valence-corrected chi connectivity index (χ2v) is 6.32. The van der Waals surface area contributed by atoms with Gasteiger partial charge >= 0.3 is 0 Å². The van der Waals surface area contributed by atoms with Crippen LogP contribution in [-0.4, -0.2) is 14.2 Å². The van der Waals surface area contributed by atoms with Crippen LogP contribution in [0.4, 0.5) is 0 Å². The van der Waals surface area contributed by atoms with E-state index in [1.807, 2.05) is 60.7 Å². The summed E-state index contributed by atoms with van der Waals surface area (Å²) in [5.74, 6) is 0.0726. The van der Waals surface area contributed by atoms with Gasteiger partial charge in [-0.05, 0) is 18.1 Å². The van der Waals surface area contributed by atoms with Crippen molar-refractivity contribution in [3.05, 3.63) is 71.8 Å². The van der Waals surface area contributed by atoms with Gasteiger partial charge in [0.25, 0.3) is 0 Å². The normalized spacial score (nSPS) is 11.7. The Morgan fingerprint density at radius 2 is 1.32 bits per heavy atom. The molecule has 0 fully saturated rings. The van der Waals surface area contributed by atoms with E-state index in [0.717, 1.165) is 11.1 Å². The summed E-state index contributed by atoms with van der Waals surface area (Å²) in [6.45, 7) is 1.63. The van der Waals surface area contributed by atoms with Crippen LogP contribution in [0.25, 0.3) is 0 Å². The van der Waals surface area contributed by atoms with Crippen molar-refractivity contribution in [1.29, 1.82) is 0 Å². The molecule has 0 aromatic heterocycles. The van der Waals surface area contributed by atoms with Gasteiger partial charge in [-0.1, -0.05) is 60.7 Å². The van der Waals surface area contributed by atoms with Crippen LogP contribution in [-0.2, 0) is 10.0 Å². The summed E-state index contributed by atoms with van der Waals surface area (Å²) in [7, 11) is -3.27. The van der Waals surface area contributed by atoms with Crippen LogP contribution in [0, 0.1) is 0 Å². The Labute approximate surface area is 114 Å². The molecule has 100 valence electrons. The fourth-order valence-electron chi connectivity index (χ4n) is 1.88. The third kappa shape index (κ3) is 3.66.